The van der Waals surface area contributed by atoms with Crippen LogP contribution in [0.1, 0.15) is 11.3 Å². The molecule has 116 valence electrons. The van der Waals surface area contributed by atoms with Gasteiger partial charge in [-0.2, -0.15) is 20.7 Å². The van der Waals surface area contributed by atoms with E-state index in [1.165, 1.54) is 39.0 Å². The van der Waals surface area contributed by atoms with Crippen LogP contribution in [0.3, 0.4) is 0 Å². The second-order valence-corrected chi connectivity index (χ2v) is 7.55. The third kappa shape index (κ3) is 3.13. The molecule has 0 amide bonds. The minimum absolute atomic E-state index is 0.178. The highest BCUT2D eigenvalue weighted by Gasteiger charge is 2.27. The van der Waals surface area contributed by atoms with Gasteiger partial charge >= 0.3 is 0 Å². The van der Waals surface area contributed by atoms with Crippen LogP contribution in [-0.2, 0) is 30.2 Å². The Bertz CT molecular complexity index is 784. The molecule has 0 aliphatic heterocycles. The Morgan fingerprint density at radius 3 is 2.82 bits per heavy atom. The zero-order valence-corrected chi connectivity index (χ0v) is 13.5. The molecule has 3 aromatic heterocycles. The van der Waals surface area contributed by atoms with E-state index in [1.807, 2.05) is 16.8 Å². The molecule has 6 nitrogen and oxygen atoms in total. The number of thiophene rings is 1. The fourth-order valence-corrected chi connectivity index (χ4v) is 4.11. The average Bonchev–Trinajstić information content (AvgIpc) is 3.19. The highest BCUT2D eigenvalue weighted by Crippen LogP contribution is 2.21. The number of furan rings is 1. The van der Waals surface area contributed by atoms with Crippen LogP contribution in [0.2, 0.25) is 0 Å². The van der Waals surface area contributed by atoms with Gasteiger partial charge in [0.05, 0.1) is 19.0 Å². The molecule has 0 aliphatic rings. The summed E-state index contributed by atoms with van der Waals surface area (Å²) in [5.74, 6) is 0.600. The van der Waals surface area contributed by atoms with Gasteiger partial charge in [-0.05, 0) is 34.5 Å². The Morgan fingerprint density at radius 1 is 1.36 bits per heavy atom. The maximum absolute atomic E-state index is 12.8. The fourth-order valence-electron chi connectivity index (χ4n) is 2.07. The molecule has 0 radical (unpaired) electrons. The van der Waals surface area contributed by atoms with Crippen molar-refractivity contribution in [1.29, 1.82) is 0 Å². The number of hydrogen-bond acceptors (Lipinski definition) is 5. The molecule has 8 heteroatoms. The van der Waals surface area contributed by atoms with Gasteiger partial charge in [0.25, 0.3) is 0 Å². The lowest BCUT2D eigenvalue weighted by Crippen LogP contribution is -2.29. The molecular formula is C14H15N3O3S2. The van der Waals surface area contributed by atoms with Crippen LogP contribution in [-0.4, -0.2) is 22.5 Å². The van der Waals surface area contributed by atoms with E-state index < -0.39 is 10.0 Å². The molecule has 0 unspecified atom stereocenters. The van der Waals surface area contributed by atoms with E-state index in [4.69, 9.17) is 4.42 Å². The molecule has 3 rings (SSSR count). The maximum Gasteiger partial charge on any atom is 0.246 e. The summed E-state index contributed by atoms with van der Waals surface area (Å²) < 4.78 is 33.8. The first-order valence-corrected chi connectivity index (χ1v) is 8.96. The molecule has 0 N–H and O–H groups in total. The quantitative estimate of drug-likeness (QED) is 0.693. The van der Waals surface area contributed by atoms with E-state index in [9.17, 15) is 8.42 Å². The Labute approximate surface area is 132 Å². The Morgan fingerprint density at radius 2 is 2.23 bits per heavy atom. The molecule has 0 fully saturated rings. The zero-order chi connectivity index (χ0) is 15.6. The lowest BCUT2D eigenvalue weighted by atomic mass is 10.3. The first kappa shape index (κ1) is 15.0. The summed E-state index contributed by atoms with van der Waals surface area (Å²) in [6, 6.07) is 5.42. The van der Waals surface area contributed by atoms with Crippen LogP contribution >= 0.6 is 11.3 Å². The van der Waals surface area contributed by atoms with E-state index in [0.29, 0.717) is 12.3 Å². The monoisotopic (exact) mass is 337 g/mol. The number of rotatable bonds is 6. The lowest BCUT2D eigenvalue weighted by molar-refractivity contribution is 0.359. The van der Waals surface area contributed by atoms with Gasteiger partial charge in [-0.15, -0.1) is 0 Å². The van der Waals surface area contributed by atoms with Crippen LogP contribution in [0.15, 0.2) is 56.9 Å². The highest BCUT2D eigenvalue weighted by molar-refractivity contribution is 7.89. The largest absolute Gasteiger partial charge is 0.468 e. The molecule has 0 saturated carbocycles. The summed E-state index contributed by atoms with van der Waals surface area (Å²) in [5.41, 5.74) is 0.948. The predicted molar refractivity (Wildman–Crippen MR) is 82.7 cm³/mol. The van der Waals surface area contributed by atoms with Crippen molar-refractivity contribution in [1.82, 2.24) is 14.1 Å². The Hall–Kier alpha value is -1.90. The van der Waals surface area contributed by atoms with Gasteiger partial charge in [0.1, 0.15) is 10.7 Å². The second kappa shape index (κ2) is 6.07. The van der Waals surface area contributed by atoms with Gasteiger partial charge < -0.3 is 4.42 Å². The van der Waals surface area contributed by atoms with Gasteiger partial charge in [-0.3, -0.25) is 4.68 Å². The summed E-state index contributed by atoms with van der Waals surface area (Å²) in [5, 5.41) is 7.81. The predicted octanol–water partition coefficient (Wildman–Crippen LogP) is 2.47. The van der Waals surface area contributed by atoms with Crippen molar-refractivity contribution < 1.29 is 12.8 Å². The second-order valence-electron chi connectivity index (χ2n) is 4.83. The Kier molecular flexibility index (Phi) is 4.14. The topological polar surface area (TPSA) is 68.3 Å². The summed E-state index contributed by atoms with van der Waals surface area (Å²) in [6.07, 6.45) is 4.39. The van der Waals surface area contributed by atoms with Crippen LogP contribution in [0.5, 0.6) is 0 Å². The summed E-state index contributed by atoms with van der Waals surface area (Å²) in [7, 11) is -1.95. The van der Waals surface area contributed by atoms with Gasteiger partial charge in [-0.1, -0.05) is 0 Å². The third-order valence-corrected chi connectivity index (χ3v) is 5.65. The fraction of sp³-hybridized carbons (Fsp3) is 0.214. The summed E-state index contributed by atoms with van der Waals surface area (Å²) in [6.45, 7) is 0.474. The Balaban J connectivity index is 1.93. The molecule has 0 atom stereocenters. The molecule has 22 heavy (non-hydrogen) atoms. The molecule has 0 aromatic carbocycles. The number of hydrogen-bond donors (Lipinski definition) is 0. The first-order valence-electron chi connectivity index (χ1n) is 6.58. The van der Waals surface area contributed by atoms with Crippen molar-refractivity contribution in [2.75, 3.05) is 0 Å². The lowest BCUT2D eigenvalue weighted by Gasteiger charge is -2.19. The van der Waals surface area contributed by atoms with E-state index in [-0.39, 0.29) is 11.4 Å². The number of nitrogens with zero attached hydrogens (tertiary/aromatic N) is 3. The van der Waals surface area contributed by atoms with Crippen molar-refractivity contribution in [2.24, 2.45) is 7.05 Å². The van der Waals surface area contributed by atoms with E-state index >= 15 is 0 Å². The van der Waals surface area contributed by atoms with Crippen LogP contribution in [0.4, 0.5) is 0 Å². The van der Waals surface area contributed by atoms with E-state index in [2.05, 4.69) is 5.10 Å². The minimum atomic E-state index is -3.64. The summed E-state index contributed by atoms with van der Waals surface area (Å²) >= 11 is 1.54. The van der Waals surface area contributed by atoms with Crippen molar-refractivity contribution in [3.8, 4) is 0 Å². The molecule has 0 saturated heterocycles. The summed E-state index contributed by atoms with van der Waals surface area (Å²) in [4.78, 5) is 0.178. The van der Waals surface area contributed by atoms with Crippen LogP contribution < -0.4 is 0 Å². The maximum atomic E-state index is 12.8. The van der Waals surface area contributed by atoms with E-state index in [0.717, 1.165) is 5.56 Å². The van der Waals surface area contributed by atoms with Crippen molar-refractivity contribution in [2.45, 2.75) is 18.0 Å². The smallest absolute Gasteiger partial charge is 0.246 e. The zero-order valence-electron chi connectivity index (χ0n) is 11.9. The van der Waals surface area contributed by atoms with Crippen molar-refractivity contribution in [3.05, 3.63) is 58.9 Å². The molecule has 0 aliphatic carbocycles. The highest BCUT2D eigenvalue weighted by atomic mass is 32.2. The van der Waals surface area contributed by atoms with Gasteiger partial charge in [-0.25, -0.2) is 8.42 Å². The van der Waals surface area contributed by atoms with Crippen LogP contribution in [0.25, 0.3) is 0 Å². The van der Waals surface area contributed by atoms with Gasteiger partial charge in [0.2, 0.25) is 10.0 Å². The SMILES string of the molecule is Cn1cc(S(=O)(=O)N(Cc2ccsc2)Cc2ccco2)cn1. The van der Waals surface area contributed by atoms with Gasteiger partial charge in [0, 0.05) is 19.8 Å². The standard InChI is InChI=1S/C14H15N3O3S2/c1-16-10-14(7-15-16)22(18,19)17(8-12-4-6-21-11-12)9-13-3-2-5-20-13/h2-7,10-11H,8-9H2,1H3. The van der Waals surface area contributed by atoms with Crippen LogP contribution in [0, 0.1) is 0 Å². The van der Waals surface area contributed by atoms with E-state index in [1.54, 1.807) is 19.2 Å². The van der Waals surface area contributed by atoms with Crippen molar-refractivity contribution >= 4 is 21.4 Å². The number of aromatic nitrogens is 2. The molecule has 0 bridgehead atoms. The number of aryl methyl sites for hydroxylation is 1. The molecule has 3 heterocycles. The third-order valence-electron chi connectivity index (χ3n) is 3.17. The molecule has 3 aromatic rings. The molecule has 0 spiro atoms. The number of sulfonamides is 1. The minimum Gasteiger partial charge on any atom is -0.468 e. The average molecular weight is 337 g/mol. The molecular weight excluding hydrogens is 322 g/mol. The first-order chi connectivity index (χ1) is 10.6. The van der Waals surface area contributed by atoms with Crippen molar-refractivity contribution in [3.63, 3.8) is 0 Å². The van der Waals surface area contributed by atoms with Gasteiger partial charge in [0.15, 0.2) is 0 Å². The normalized spacial score (nSPS) is 12.1.